The van der Waals surface area contributed by atoms with E-state index in [1.54, 1.807) is 12.1 Å². The Morgan fingerprint density at radius 3 is 2.68 bits per heavy atom. The van der Waals surface area contributed by atoms with Crippen molar-refractivity contribution < 1.29 is 27.8 Å². The van der Waals surface area contributed by atoms with E-state index in [9.17, 15) is 23.1 Å². The van der Waals surface area contributed by atoms with E-state index in [0.717, 1.165) is 16.9 Å². The summed E-state index contributed by atoms with van der Waals surface area (Å²) in [5.74, 6) is 0.524. The number of halogens is 3. The standard InChI is InChI=1S/C25H33F3N6O3/c1-16-3-4-19(30-24(36)34-6-5-18(14-34)13-25(26,27)28)11-20(16)21-12-22(33-7-9-37-10-8-33)32-23(31-21)29-17(2)15-35/h3-4,11-12,17-18,35H,5-10,13-15H2,1-2H3,(H,30,36)(H,29,31,32)/t17-,18+/m1/s1. The Morgan fingerprint density at radius 2 is 1.97 bits per heavy atom. The van der Waals surface area contributed by atoms with Crippen molar-refractivity contribution >= 4 is 23.5 Å². The molecular weight excluding hydrogens is 489 g/mol. The highest BCUT2D eigenvalue weighted by molar-refractivity contribution is 5.90. The first-order valence-corrected chi connectivity index (χ1v) is 12.4. The molecule has 37 heavy (non-hydrogen) atoms. The lowest BCUT2D eigenvalue weighted by Crippen LogP contribution is -2.37. The van der Waals surface area contributed by atoms with Gasteiger partial charge in [0.05, 0.1) is 25.5 Å². The van der Waals surface area contributed by atoms with E-state index < -0.39 is 24.5 Å². The van der Waals surface area contributed by atoms with E-state index in [1.165, 1.54) is 4.90 Å². The van der Waals surface area contributed by atoms with Crippen molar-refractivity contribution in [1.29, 1.82) is 0 Å². The van der Waals surface area contributed by atoms with Crippen LogP contribution in [0.2, 0.25) is 0 Å². The number of carbonyl (C=O) groups excluding carboxylic acids is 1. The Kier molecular flexibility index (Phi) is 8.38. The number of likely N-dealkylation sites (tertiary alicyclic amines) is 1. The van der Waals surface area contributed by atoms with Gasteiger partial charge in [-0.15, -0.1) is 0 Å². The molecule has 0 aliphatic carbocycles. The zero-order chi connectivity index (χ0) is 26.6. The molecule has 2 amide bonds. The highest BCUT2D eigenvalue weighted by atomic mass is 19.4. The molecule has 3 heterocycles. The molecule has 1 aromatic carbocycles. The van der Waals surface area contributed by atoms with Crippen molar-refractivity contribution in [3.63, 3.8) is 0 Å². The van der Waals surface area contributed by atoms with Crippen LogP contribution in [0.15, 0.2) is 24.3 Å². The third-order valence-electron chi connectivity index (χ3n) is 6.56. The van der Waals surface area contributed by atoms with Gasteiger partial charge in [0.25, 0.3) is 0 Å². The van der Waals surface area contributed by atoms with Crippen LogP contribution in [0.1, 0.15) is 25.3 Å². The Balaban J connectivity index is 1.55. The maximum Gasteiger partial charge on any atom is 0.389 e. The van der Waals surface area contributed by atoms with Crippen molar-refractivity contribution in [2.45, 2.75) is 38.9 Å². The van der Waals surface area contributed by atoms with Crippen molar-refractivity contribution in [1.82, 2.24) is 14.9 Å². The van der Waals surface area contributed by atoms with Crippen LogP contribution in [0.5, 0.6) is 0 Å². The molecule has 202 valence electrons. The van der Waals surface area contributed by atoms with Gasteiger partial charge in [-0.3, -0.25) is 0 Å². The predicted molar refractivity (Wildman–Crippen MR) is 135 cm³/mol. The van der Waals surface area contributed by atoms with Gasteiger partial charge in [-0.2, -0.15) is 18.2 Å². The molecule has 2 fully saturated rings. The Labute approximate surface area is 214 Å². The molecule has 2 aliphatic heterocycles. The van der Waals surface area contributed by atoms with E-state index in [-0.39, 0.29) is 25.7 Å². The zero-order valence-electron chi connectivity index (χ0n) is 21.0. The lowest BCUT2D eigenvalue weighted by Gasteiger charge is -2.28. The average Bonchev–Trinajstić information content (AvgIpc) is 3.32. The Hall–Kier alpha value is -3.12. The molecular formula is C25H33F3N6O3. The van der Waals surface area contributed by atoms with Crippen LogP contribution in [0.25, 0.3) is 11.3 Å². The summed E-state index contributed by atoms with van der Waals surface area (Å²) >= 11 is 0. The summed E-state index contributed by atoms with van der Waals surface area (Å²) in [4.78, 5) is 25.6. The number of hydrogen-bond donors (Lipinski definition) is 3. The number of aliphatic hydroxyl groups is 1. The molecule has 12 heteroatoms. The number of nitrogens with one attached hydrogen (secondary N) is 2. The van der Waals surface area contributed by atoms with Crippen LogP contribution in [-0.4, -0.2) is 84.2 Å². The number of rotatable bonds is 7. The van der Waals surface area contributed by atoms with Crippen LogP contribution in [0.3, 0.4) is 0 Å². The van der Waals surface area contributed by atoms with Crippen molar-refractivity contribution in [2.24, 2.45) is 5.92 Å². The molecule has 1 aromatic heterocycles. The molecule has 0 radical (unpaired) electrons. The molecule has 2 aliphatic rings. The number of urea groups is 1. The lowest BCUT2D eigenvalue weighted by atomic mass is 10.0. The van der Waals surface area contributed by atoms with Crippen LogP contribution in [0.4, 0.5) is 35.4 Å². The minimum Gasteiger partial charge on any atom is -0.394 e. The summed E-state index contributed by atoms with van der Waals surface area (Å²) in [6.07, 6.45) is -4.78. The van der Waals surface area contributed by atoms with Gasteiger partial charge in [-0.1, -0.05) is 6.07 Å². The summed E-state index contributed by atoms with van der Waals surface area (Å²) in [6.45, 7) is 6.60. The van der Waals surface area contributed by atoms with Crippen molar-refractivity contribution in [2.75, 3.05) is 61.5 Å². The number of anilines is 3. The minimum absolute atomic E-state index is 0.0803. The number of alkyl halides is 3. The Bertz CT molecular complexity index is 1090. The van der Waals surface area contributed by atoms with Crippen molar-refractivity contribution in [3.05, 3.63) is 29.8 Å². The maximum atomic E-state index is 12.8. The van der Waals surface area contributed by atoms with Gasteiger partial charge in [-0.05, 0) is 43.9 Å². The number of aryl methyl sites for hydroxylation is 1. The van der Waals surface area contributed by atoms with Crippen LogP contribution < -0.4 is 15.5 Å². The molecule has 0 unspecified atom stereocenters. The average molecular weight is 523 g/mol. The van der Waals surface area contributed by atoms with E-state index in [1.807, 2.05) is 26.0 Å². The van der Waals surface area contributed by atoms with Crippen LogP contribution in [-0.2, 0) is 4.74 Å². The van der Waals surface area contributed by atoms with E-state index in [4.69, 9.17) is 4.74 Å². The second-order valence-corrected chi connectivity index (χ2v) is 9.64. The Morgan fingerprint density at radius 1 is 1.22 bits per heavy atom. The number of amides is 2. The first-order valence-electron chi connectivity index (χ1n) is 12.4. The minimum atomic E-state index is -4.23. The second-order valence-electron chi connectivity index (χ2n) is 9.64. The molecule has 0 spiro atoms. The van der Waals surface area contributed by atoms with Gasteiger partial charge < -0.3 is 30.3 Å². The SMILES string of the molecule is Cc1ccc(NC(=O)N2CC[C@@H](CC(F)(F)F)C2)cc1-c1cc(N2CCOCC2)nc(N[C@H](C)CO)n1. The zero-order valence-corrected chi connectivity index (χ0v) is 21.0. The number of aliphatic hydroxyl groups excluding tert-OH is 1. The largest absolute Gasteiger partial charge is 0.394 e. The summed E-state index contributed by atoms with van der Waals surface area (Å²) in [5.41, 5.74) is 2.88. The highest BCUT2D eigenvalue weighted by Crippen LogP contribution is 2.32. The van der Waals surface area contributed by atoms with Gasteiger partial charge in [-0.25, -0.2) is 9.78 Å². The van der Waals surface area contributed by atoms with Gasteiger partial charge >= 0.3 is 12.2 Å². The number of morpholine rings is 1. The number of ether oxygens (including phenoxy) is 1. The molecule has 4 rings (SSSR count). The van der Waals surface area contributed by atoms with E-state index >= 15 is 0 Å². The van der Waals surface area contributed by atoms with Gasteiger partial charge in [0, 0.05) is 56.0 Å². The summed E-state index contributed by atoms with van der Waals surface area (Å²) in [7, 11) is 0. The molecule has 0 bridgehead atoms. The number of aromatic nitrogens is 2. The maximum absolute atomic E-state index is 12.8. The molecule has 2 saturated heterocycles. The summed E-state index contributed by atoms with van der Waals surface area (Å²) < 4.78 is 43.7. The first kappa shape index (κ1) is 26.9. The molecule has 9 nitrogen and oxygen atoms in total. The molecule has 2 atom stereocenters. The first-order chi connectivity index (χ1) is 17.6. The highest BCUT2D eigenvalue weighted by Gasteiger charge is 2.36. The lowest BCUT2D eigenvalue weighted by molar-refractivity contribution is -0.143. The van der Waals surface area contributed by atoms with Crippen LogP contribution >= 0.6 is 0 Å². The summed E-state index contributed by atoms with van der Waals surface area (Å²) in [6, 6.07) is 6.65. The normalized spacial score (nSPS) is 19.1. The monoisotopic (exact) mass is 522 g/mol. The number of benzene rings is 1. The second kappa shape index (κ2) is 11.5. The third kappa shape index (κ3) is 7.22. The number of carbonyl (C=O) groups is 1. The van der Waals surface area contributed by atoms with Gasteiger partial charge in [0.1, 0.15) is 5.82 Å². The third-order valence-corrected chi connectivity index (χ3v) is 6.56. The van der Waals surface area contributed by atoms with Crippen molar-refractivity contribution in [3.8, 4) is 11.3 Å². The predicted octanol–water partition coefficient (Wildman–Crippen LogP) is 3.89. The van der Waals surface area contributed by atoms with E-state index in [2.05, 4.69) is 25.5 Å². The number of hydrogen-bond acceptors (Lipinski definition) is 7. The van der Waals surface area contributed by atoms with E-state index in [0.29, 0.717) is 50.1 Å². The van der Waals surface area contributed by atoms with Gasteiger partial charge in [0.2, 0.25) is 5.95 Å². The quantitative estimate of drug-likeness (QED) is 0.507. The number of nitrogens with zero attached hydrogens (tertiary/aromatic N) is 4. The topological polar surface area (TPSA) is 103 Å². The molecule has 3 N–H and O–H groups in total. The smallest absolute Gasteiger partial charge is 0.389 e. The van der Waals surface area contributed by atoms with Crippen LogP contribution in [0, 0.1) is 12.8 Å². The summed E-state index contributed by atoms with van der Waals surface area (Å²) in [5, 5.41) is 15.4. The fraction of sp³-hybridized carbons (Fsp3) is 0.560. The molecule has 0 saturated carbocycles. The molecule has 2 aromatic rings. The fourth-order valence-corrected chi connectivity index (χ4v) is 4.55. The fourth-order valence-electron chi connectivity index (χ4n) is 4.55. The van der Waals surface area contributed by atoms with Gasteiger partial charge in [0.15, 0.2) is 0 Å².